The lowest BCUT2D eigenvalue weighted by Crippen LogP contribution is -2.55. The molecule has 0 bridgehead atoms. The molecule has 178 valence electrons. The lowest BCUT2D eigenvalue weighted by atomic mass is 9.96. The second-order valence-electron chi connectivity index (χ2n) is 9.30. The van der Waals surface area contributed by atoms with Gasteiger partial charge in [-0.1, -0.05) is 30.9 Å². The van der Waals surface area contributed by atoms with Crippen molar-refractivity contribution in [1.29, 1.82) is 0 Å². The zero-order chi connectivity index (χ0) is 22.7. The molecule has 3 fully saturated rings. The minimum atomic E-state index is -3.53. The predicted molar refractivity (Wildman–Crippen MR) is 128 cm³/mol. The van der Waals surface area contributed by atoms with Crippen LogP contribution in [-0.4, -0.2) is 80.2 Å². The number of hydrogen-bond acceptors (Lipinski definition) is 4. The van der Waals surface area contributed by atoms with Crippen molar-refractivity contribution in [3.63, 3.8) is 0 Å². The van der Waals surface area contributed by atoms with Crippen LogP contribution in [0.25, 0.3) is 0 Å². The van der Waals surface area contributed by atoms with Crippen molar-refractivity contribution in [2.45, 2.75) is 51.0 Å². The Labute approximate surface area is 197 Å². The van der Waals surface area contributed by atoms with Gasteiger partial charge in [-0.15, -0.1) is 0 Å². The molecule has 7 nitrogen and oxygen atoms in total. The summed E-state index contributed by atoms with van der Waals surface area (Å²) in [5, 5.41) is 0.716. The van der Waals surface area contributed by atoms with E-state index in [1.165, 1.54) is 6.42 Å². The van der Waals surface area contributed by atoms with Crippen molar-refractivity contribution < 1.29 is 13.2 Å². The van der Waals surface area contributed by atoms with Crippen LogP contribution in [0.5, 0.6) is 0 Å². The van der Waals surface area contributed by atoms with Crippen molar-refractivity contribution in [2.24, 2.45) is 5.92 Å². The molecule has 4 rings (SSSR count). The number of benzene rings is 1. The standard InChI is InChI=1S/C23H35ClN4O3S/c1-25(21-7-3-2-4-8-21)32(30,31)28-13-5-6-19(18-28)23(29)27-16-14-26(15-17-27)22-11-9-20(24)10-12-22/h9-12,19,21H,2-8,13-18H2,1H3. The first-order chi connectivity index (χ1) is 15.4. The van der Waals surface area contributed by atoms with Gasteiger partial charge in [-0.2, -0.15) is 17.0 Å². The van der Waals surface area contributed by atoms with Crippen molar-refractivity contribution in [2.75, 3.05) is 51.2 Å². The molecular formula is C23H35ClN4O3S. The minimum Gasteiger partial charge on any atom is -0.368 e. The number of anilines is 1. The topological polar surface area (TPSA) is 64.2 Å². The monoisotopic (exact) mass is 482 g/mol. The summed E-state index contributed by atoms with van der Waals surface area (Å²) in [4.78, 5) is 17.4. The zero-order valence-electron chi connectivity index (χ0n) is 19.0. The fourth-order valence-corrected chi connectivity index (χ4v) is 7.07. The Morgan fingerprint density at radius 1 is 0.938 bits per heavy atom. The Hall–Kier alpha value is -1.35. The fourth-order valence-electron chi connectivity index (χ4n) is 5.26. The van der Waals surface area contributed by atoms with Gasteiger partial charge in [-0.25, -0.2) is 0 Å². The van der Waals surface area contributed by atoms with Gasteiger partial charge in [0.2, 0.25) is 5.91 Å². The number of nitrogens with zero attached hydrogens (tertiary/aromatic N) is 4. The van der Waals surface area contributed by atoms with Gasteiger partial charge < -0.3 is 9.80 Å². The molecular weight excluding hydrogens is 448 g/mol. The Morgan fingerprint density at radius 2 is 1.59 bits per heavy atom. The highest BCUT2D eigenvalue weighted by molar-refractivity contribution is 7.86. The van der Waals surface area contributed by atoms with Gasteiger partial charge in [-0.3, -0.25) is 4.79 Å². The molecule has 32 heavy (non-hydrogen) atoms. The summed E-state index contributed by atoms with van der Waals surface area (Å²) in [5.74, 6) is -0.152. The number of rotatable bonds is 5. The van der Waals surface area contributed by atoms with Crippen LogP contribution in [0.1, 0.15) is 44.9 Å². The van der Waals surface area contributed by atoms with Gasteiger partial charge in [0.1, 0.15) is 0 Å². The molecule has 1 amide bonds. The summed E-state index contributed by atoms with van der Waals surface area (Å²) < 4.78 is 29.7. The molecule has 3 aliphatic rings. The van der Waals surface area contributed by atoms with Crippen molar-refractivity contribution >= 4 is 33.4 Å². The minimum absolute atomic E-state index is 0.0887. The molecule has 9 heteroatoms. The summed E-state index contributed by atoms with van der Waals surface area (Å²) in [7, 11) is -1.82. The molecule has 1 atom stereocenters. The third-order valence-corrected chi connectivity index (χ3v) is 9.56. The number of hydrogen-bond donors (Lipinski definition) is 0. The smallest absolute Gasteiger partial charge is 0.281 e. The van der Waals surface area contributed by atoms with Crippen LogP contribution in [0.3, 0.4) is 0 Å². The van der Waals surface area contributed by atoms with Crippen molar-refractivity contribution in [3.05, 3.63) is 29.3 Å². The highest BCUT2D eigenvalue weighted by Gasteiger charge is 2.38. The van der Waals surface area contributed by atoms with Crippen molar-refractivity contribution in [3.8, 4) is 0 Å². The number of carbonyl (C=O) groups is 1. The molecule has 1 aromatic rings. The molecule has 2 aliphatic heterocycles. The average molecular weight is 483 g/mol. The summed E-state index contributed by atoms with van der Waals surface area (Å²) in [6, 6.07) is 7.87. The Balaban J connectivity index is 1.34. The van der Waals surface area contributed by atoms with E-state index < -0.39 is 10.2 Å². The van der Waals surface area contributed by atoms with Gasteiger partial charge in [0.05, 0.1) is 5.92 Å². The van der Waals surface area contributed by atoms with Gasteiger partial charge in [-0.05, 0) is 49.9 Å². The third kappa shape index (κ3) is 5.24. The summed E-state index contributed by atoms with van der Waals surface area (Å²) in [6.07, 6.45) is 6.74. The molecule has 1 unspecified atom stereocenters. The fraction of sp³-hybridized carbons (Fsp3) is 0.696. The second kappa shape index (κ2) is 10.3. The lowest BCUT2D eigenvalue weighted by Gasteiger charge is -2.40. The maximum absolute atomic E-state index is 13.3. The molecule has 0 radical (unpaired) electrons. The molecule has 1 aliphatic carbocycles. The number of amides is 1. The lowest BCUT2D eigenvalue weighted by molar-refractivity contribution is -0.137. The van der Waals surface area contributed by atoms with Crippen LogP contribution in [0.2, 0.25) is 5.02 Å². The first-order valence-electron chi connectivity index (χ1n) is 11.9. The SMILES string of the molecule is CN(C1CCCCC1)S(=O)(=O)N1CCCC(C(=O)N2CCN(c3ccc(Cl)cc3)CC2)C1. The maximum Gasteiger partial charge on any atom is 0.281 e. The Kier molecular flexibility index (Phi) is 7.65. The van der Waals surface area contributed by atoms with Gasteiger partial charge >= 0.3 is 0 Å². The van der Waals surface area contributed by atoms with Gasteiger partial charge in [0.15, 0.2) is 0 Å². The third-order valence-electron chi connectivity index (χ3n) is 7.30. The number of piperazine rings is 1. The van der Waals surface area contributed by atoms with Crippen LogP contribution in [0.15, 0.2) is 24.3 Å². The second-order valence-corrected chi connectivity index (χ2v) is 11.7. The quantitative estimate of drug-likeness (QED) is 0.646. The van der Waals surface area contributed by atoms with E-state index >= 15 is 0 Å². The number of halogens is 1. The highest BCUT2D eigenvalue weighted by Crippen LogP contribution is 2.28. The van der Waals surface area contributed by atoms with E-state index in [-0.39, 0.29) is 17.9 Å². The first kappa shape index (κ1) is 23.8. The maximum atomic E-state index is 13.3. The Bertz CT molecular complexity index is 881. The molecule has 0 spiro atoms. The van der Waals surface area contributed by atoms with E-state index in [1.54, 1.807) is 15.7 Å². The predicted octanol–water partition coefficient (Wildman–Crippen LogP) is 3.21. The van der Waals surface area contributed by atoms with Gasteiger partial charge in [0.25, 0.3) is 10.2 Å². The van der Waals surface area contributed by atoms with E-state index in [1.807, 2.05) is 29.2 Å². The van der Waals surface area contributed by atoms with Crippen LogP contribution < -0.4 is 4.90 Å². The number of carbonyl (C=O) groups excluding carboxylic acids is 1. The summed E-state index contributed by atoms with van der Waals surface area (Å²) in [6.45, 7) is 3.67. The van der Waals surface area contributed by atoms with E-state index in [9.17, 15) is 13.2 Å². The van der Waals surface area contributed by atoms with Gasteiger partial charge in [0, 0.05) is 63.1 Å². The van der Waals surface area contributed by atoms with Crippen LogP contribution in [0, 0.1) is 5.92 Å². The number of piperidine rings is 1. The highest BCUT2D eigenvalue weighted by atomic mass is 35.5. The van der Waals surface area contributed by atoms with E-state index in [0.29, 0.717) is 31.2 Å². The molecule has 2 saturated heterocycles. The van der Waals surface area contributed by atoms with E-state index in [2.05, 4.69) is 4.90 Å². The summed E-state index contributed by atoms with van der Waals surface area (Å²) in [5.41, 5.74) is 1.11. The van der Waals surface area contributed by atoms with Crippen LogP contribution in [0.4, 0.5) is 5.69 Å². The molecule has 0 aromatic heterocycles. The van der Waals surface area contributed by atoms with Crippen LogP contribution >= 0.6 is 11.6 Å². The zero-order valence-corrected chi connectivity index (χ0v) is 20.5. The summed E-state index contributed by atoms with van der Waals surface area (Å²) >= 11 is 5.99. The molecule has 1 aromatic carbocycles. The Morgan fingerprint density at radius 3 is 2.25 bits per heavy atom. The van der Waals surface area contributed by atoms with E-state index in [4.69, 9.17) is 11.6 Å². The molecule has 0 N–H and O–H groups in total. The normalized spacial score (nSPS) is 24.2. The largest absolute Gasteiger partial charge is 0.368 e. The van der Waals surface area contributed by atoms with Crippen LogP contribution in [-0.2, 0) is 15.0 Å². The van der Waals surface area contributed by atoms with Crippen molar-refractivity contribution in [1.82, 2.24) is 13.5 Å². The molecule has 1 saturated carbocycles. The average Bonchev–Trinajstić information content (AvgIpc) is 2.84. The first-order valence-corrected chi connectivity index (χ1v) is 13.7. The van der Waals surface area contributed by atoms with E-state index in [0.717, 1.165) is 57.3 Å². The molecule has 2 heterocycles.